The number of nitrogens with zero attached hydrogens (tertiary/aromatic N) is 4. The van der Waals surface area contributed by atoms with Crippen LogP contribution in [-0.4, -0.2) is 53.1 Å². The van der Waals surface area contributed by atoms with Crippen molar-refractivity contribution in [3.8, 4) is 0 Å². The van der Waals surface area contributed by atoms with Gasteiger partial charge in [-0.2, -0.15) is 0 Å². The Hall–Kier alpha value is -2.05. The number of amides is 2. The standard InChI is InChI=1S/C17H24ClN5O/c1-21(2)15(13-5-7-14(18)8-6-13)11-20-17(24)23(4)12-16-19-9-10-22(16)3/h5-10,15H,11-12H2,1-4H3,(H,20,24)/t15-/m1/s1. The average Bonchev–Trinajstić information content (AvgIpc) is 2.93. The Morgan fingerprint density at radius 2 is 1.96 bits per heavy atom. The summed E-state index contributed by atoms with van der Waals surface area (Å²) in [4.78, 5) is 20.3. The fraction of sp³-hybridized carbons (Fsp3) is 0.412. The van der Waals surface area contributed by atoms with Crippen molar-refractivity contribution in [2.75, 3.05) is 27.7 Å². The second-order valence-electron chi connectivity index (χ2n) is 6.03. The van der Waals surface area contributed by atoms with E-state index in [2.05, 4.69) is 15.2 Å². The second kappa shape index (κ2) is 8.17. The van der Waals surface area contributed by atoms with E-state index in [4.69, 9.17) is 11.6 Å². The molecule has 0 aliphatic heterocycles. The van der Waals surface area contributed by atoms with Crippen molar-refractivity contribution in [2.45, 2.75) is 12.6 Å². The summed E-state index contributed by atoms with van der Waals surface area (Å²) >= 11 is 5.95. The molecule has 1 N–H and O–H groups in total. The molecule has 24 heavy (non-hydrogen) atoms. The highest BCUT2D eigenvalue weighted by Crippen LogP contribution is 2.19. The minimum atomic E-state index is -0.126. The lowest BCUT2D eigenvalue weighted by molar-refractivity contribution is 0.199. The van der Waals surface area contributed by atoms with E-state index < -0.39 is 0 Å². The number of imidazole rings is 1. The number of carbonyl (C=O) groups excluding carboxylic acids is 1. The maximum absolute atomic E-state index is 12.3. The number of hydrogen-bond acceptors (Lipinski definition) is 3. The monoisotopic (exact) mass is 349 g/mol. The topological polar surface area (TPSA) is 53.4 Å². The van der Waals surface area contributed by atoms with Crippen LogP contribution in [0.5, 0.6) is 0 Å². The van der Waals surface area contributed by atoms with Crippen LogP contribution in [0.15, 0.2) is 36.7 Å². The largest absolute Gasteiger partial charge is 0.337 e. The van der Waals surface area contributed by atoms with Crippen LogP contribution in [0.2, 0.25) is 5.02 Å². The van der Waals surface area contributed by atoms with Crippen molar-refractivity contribution in [3.63, 3.8) is 0 Å². The minimum absolute atomic E-state index is 0.0766. The van der Waals surface area contributed by atoms with Crippen molar-refractivity contribution in [3.05, 3.63) is 53.1 Å². The van der Waals surface area contributed by atoms with E-state index >= 15 is 0 Å². The highest BCUT2D eigenvalue weighted by Gasteiger charge is 2.17. The van der Waals surface area contributed by atoms with E-state index in [9.17, 15) is 4.79 Å². The first-order valence-corrected chi connectivity index (χ1v) is 8.13. The molecule has 2 aromatic rings. The van der Waals surface area contributed by atoms with Crippen molar-refractivity contribution < 1.29 is 4.79 Å². The smallest absolute Gasteiger partial charge is 0.317 e. The normalized spacial score (nSPS) is 12.2. The summed E-state index contributed by atoms with van der Waals surface area (Å²) < 4.78 is 1.90. The molecule has 1 aromatic carbocycles. The molecule has 0 saturated carbocycles. The third kappa shape index (κ3) is 4.72. The Balaban J connectivity index is 1.94. The van der Waals surface area contributed by atoms with E-state index in [0.29, 0.717) is 18.1 Å². The number of carbonyl (C=O) groups is 1. The maximum Gasteiger partial charge on any atom is 0.317 e. The van der Waals surface area contributed by atoms with E-state index in [-0.39, 0.29) is 12.1 Å². The zero-order chi connectivity index (χ0) is 17.7. The van der Waals surface area contributed by atoms with Crippen LogP contribution in [-0.2, 0) is 13.6 Å². The summed E-state index contributed by atoms with van der Waals surface area (Å²) in [5.74, 6) is 0.842. The SMILES string of the molecule is CN(Cc1nccn1C)C(=O)NC[C@H](c1ccc(Cl)cc1)N(C)C. The molecule has 6 nitrogen and oxygen atoms in total. The highest BCUT2D eigenvalue weighted by molar-refractivity contribution is 6.30. The lowest BCUT2D eigenvalue weighted by Crippen LogP contribution is -2.41. The fourth-order valence-corrected chi connectivity index (χ4v) is 2.56. The molecule has 130 valence electrons. The number of likely N-dealkylation sites (N-methyl/N-ethyl adjacent to an activating group) is 1. The van der Waals surface area contributed by atoms with Gasteiger partial charge in [0.1, 0.15) is 5.82 Å². The maximum atomic E-state index is 12.3. The molecule has 1 heterocycles. The molecule has 0 fully saturated rings. The molecular weight excluding hydrogens is 326 g/mol. The van der Waals surface area contributed by atoms with Gasteiger partial charge in [-0.15, -0.1) is 0 Å². The third-order valence-corrected chi connectivity index (χ3v) is 4.22. The number of aryl methyl sites for hydroxylation is 1. The summed E-state index contributed by atoms with van der Waals surface area (Å²) in [5, 5.41) is 3.69. The van der Waals surface area contributed by atoms with E-state index in [1.807, 2.05) is 56.2 Å². The molecule has 0 unspecified atom stereocenters. The molecule has 0 bridgehead atoms. The van der Waals surface area contributed by atoms with Gasteiger partial charge in [0.25, 0.3) is 0 Å². The Morgan fingerprint density at radius 1 is 1.29 bits per heavy atom. The fourth-order valence-electron chi connectivity index (χ4n) is 2.44. The summed E-state index contributed by atoms with van der Waals surface area (Å²) in [6.07, 6.45) is 3.59. The molecule has 0 saturated heterocycles. The van der Waals surface area contributed by atoms with E-state index in [1.54, 1.807) is 18.1 Å². The lowest BCUT2D eigenvalue weighted by Gasteiger charge is -2.26. The Labute approximate surface area is 148 Å². The number of halogens is 1. The van der Waals surface area contributed by atoms with Crippen LogP contribution in [0, 0.1) is 0 Å². The molecular formula is C17H24ClN5O. The van der Waals surface area contributed by atoms with Gasteiger partial charge in [0.2, 0.25) is 0 Å². The van der Waals surface area contributed by atoms with Gasteiger partial charge in [-0.3, -0.25) is 0 Å². The zero-order valence-electron chi connectivity index (χ0n) is 14.5. The van der Waals surface area contributed by atoms with Gasteiger partial charge in [-0.25, -0.2) is 9.78 Å². The molecule has 1 aromatic heterocycles. The van der Waals surface area contributed by atoms with Gasteiger partial charge >= 0.3 is 6.03 Å². The zero-order valence-corrected chi connectivity index (χ0v) is 15.3. The number of nitrogens with one attached hydrogen (secondary N) is 1. The van der Waals surface area contributed by atoms with Crippen molar-refractivity contribution in [1.29, 1.82) is 0 Å². The summed E-state index contributed by atoms with van der Waals surface area (Å²) in [7, 11) is 7.65. The van der Waals surface area contributed by atoms with Gasteiger partial charge < -0.3 is 19.7 Å². The highest BCUT2D eigenvalue weighted by atomic mass is 35.5. The number of benzene rings is 1. The molecule has 2 rings (SSSR count). The van der Waals surface area contributed by atoms with Crippen molar-refractivity contribution in [2.24, 2.45) is 7.05 Å². The van der Waals surface area contributed by atoms with Crippen molar-refractivity contribution in [1.82, 2.24) is 24.7 Å². The second-order valence-corrected chi connectivity index (χ2v) is 6.46. The molecule has 0 aliphatic rings. The van der Waals surface area contributed by atoms with Crippen LogP contribution in [0.1, 0.15) is 17.4 Å². The number of aromatic nitrogens is 2. The number of urea groups is 1. The summed E-state index contributed by atoms with van der Waals surface area (Å²) in [6, 6.07) is 7.64. The van der Waals surface area contributed by atoms with Gasteiger partial charge in [-0.05, 0) is 31.8 Å². The van der Waals surface area contributed by atoms with Crippen LogP contribution in [0.4, 0.5) is 4.79 Å². The predicted molar refractivity (Wildman–Crippen MR) is 96.0 cm³/mol. The van der Waals surface area contributed by atoms with Gasteiger partial charge in [0.15, 0.2) is 0 Å². The van der Waals surface area contributed by atoms with Gasteiger partial charge in [0, 0.05) is 38.1 Å². The first kappa shape index (κ1) is 18.3. The average molecular weight is 350 g/mol. The number of rotatable bonds is 6. The van der Waals surface area contributed by atoms with Crippen LogP contribution in [0.25, 0.3) is 0 Å². The van der Waals surface area contributed by atoms with Gasteiger partial charge in [0.05, 0.1) is 12.6 Å². The Morgan fingerprint density at radius 3 is 2.50 bits per heavy atom. The first-order valence-electron chi connectivity index (χ1n) is 7.75. The molecule has 0 radical (unpaired) electrons. The lowest BCUT2D eigenvalue weighted by atomic mass is 10.1. The predicted octanol–water partition coefficient (Wildman–Crippen LogP) is 2.52. The molecule has 0 spiro atoms. The van der Waals surface area contributed by atoms with Crippen LogP contribution >= 0.6 is 11.6 Å². The van der Waals surface area contributed by atoms with E-state index in [0.717, 1.165) is 11.4 Å². The van der Waals surface area contributed by atoms with Crippen LogP contribution < -0.4 is 5.32 Å². The third-order valence-electron chi connectivity index (χ3n) is 3.97. The summed E-state index contributed by atoms with van der Waals surface area (Å²) in [6.45, 7) is 0.973. The van der Waals surface area contributed by atoms with Crippen LogP contribution in [0.3, 0.4) is 0 Å². The molecule has 2 amide bonds. The number of hydrogen-bond donors (Lipinski definition) is 1. The first-order chi connectivity index (χ1) is 11.4. The molecule has 1 atom stereocenters. The quantitative estimate of drug-likeness (QED) is 0.871. The molecule has 0 aliphatic carbocycles. The van der Waals surface area contributed by atoms with Crippen molar-refractivity contribution >= 4 is 17.6 Å². The molecule has 7 heteroatoms. The van der Waals surface area contributed by atoms with E-state index in [1.165, 1.54) is 0 Å². The van der Waals surface area contributed by atoms with Gasteiger partial charge in [-0.1, -0.05) is 23.7 Å². The minimum Gasteiger partial charge on any atom is -0.337 e. The Kier molecular flexibility index (Phi) is 6.23. The Bertz CT molecular complexity index is 668. The summed E-state index contributed by atoms with van der Waals surface area (Å²) in [5.41, 5.74) is 1.11.